The summed E-state index contributed by atoms with van der Waals surface area (Å²) < 4.78 is 26.6. The van der Waals surface area contributed by atoms with Gasteiger partial charge >= 0.3 is 0 Å². The van der Waals surface area contributed by atoms with Gasteiger partial charge in [0.05, 0.1) is 14.9 Å². The molecule has 0 fully saturated rings. The Morgan fingerprint density at radius 3 is 2.17 bits per heavy atom. The molecule has 0 heterocycles. The number of sulfonamides is 1. The Kier molecular flexibility index (Phi) is 5.87. The highest BCUT2D eigenvalue weighted by Gasteiger charge is 2.16. The molecule has 0 aromatic heterocycles. The molecule has 0 radical (unpaired) electrons. The Morgan fingerprint density at radius 2 is 1.62 bits per heavy atom. The lowest BCUT2D eigenvalue weighted by atomic mass is 10.2. The van der Waals surface area contributed by atoms with Gasteiger partial charge in [-0.1, -0.05) is 23.2 Å². The maximum absolute atomic E-state index is 12.2. The van der Waals surface area contributed by atoms with Gasteiger partial charge in [-0.3, -0.25) is 4.79 Å². The number of hydrogen-bond donors (Lipinski definition) is 2. The monoisotopic (exact) mass is 386 g/mol. The third-order valence-electron chi connectivity index (χ3n) is 3.00. The van der Waals surface area contributed by atoms with Gasteiger partial charge in [0.25, 0.3) is 5.91 Å². The van der Waals surface area contributed by atoms with Crippen molar-refractivity contribution in [3.8, 4) is 0 Å². The van der Waals surface area contributed by atoms with Gasteiger partial charge in [0.15, 0.2) is 0 Å². The maximum atomic E-state index is 12.2. The summed E-state index contributed by atoms with van der Waals surface area (Å²) in [6, 6.07) is 10.2. The minimum atomic E-state index is -3.59. The van der Waals surface area contributed by atoms with E-state index in [4.69, 9.17) is 23.2 Å². The van der Waals surface area contributed by atoms with E-state index in [2.05, 4.69) is 10.0 Å². The van der Waals surface area contributed by atoms with Crippen LogP contribution < -0.4 is 10.0 Å². The molecule has 8 heteroatoms. The molecule has 0 atom stereocenters. The van der Waals surface area contributed by atoms with Crippen molar-refractivity contribution in [2.24, 2.45) is 0 Å². The van der Waals surface area contributed by atoms with E-state index in [0.717, 1.165) is 0 Å². The van der Waals surface area contributed by atoms with Crippen LogP contribution in [0.1, 0.15) is 24.2 Å². The van der Waals surface area contributed by atoms with Crippen LogP contribution in [0.2, 0.25) is 10.0 Å². The molecule has 128 valence electrons. The molecule has 0 aliphatic rings. The third-order valence-corrected chi connectivity index (χ3v) is 5.41. The van der Waals surface area contributed by atoms with Crippen molar-refractivity contribution in [1.29, 1.82) is 0 Å². The highest BCUT2D eigenvalue weighted by Crippen LogP contribution is 2.25. The van der Waals surface area contributed by atoms with Crippen LogP contribution in [-0.2, 0) is 10.0 Å². The lowest BCUT2D eigenvalue weighted by molar-refractivity contribution is 0.102. The normalized spacial score (nSPS) is 11.5. The smallest absolute Gasteiger partial charge is 0.255 e. The summed E-state index contributed by atoms with van der Waals surface area (Å²) in [5.41, 5.74) is 0.817. The van der Waals surface area contributed by atoms with Gasteiger partial charge in [-0.15, -0.1) is 0 Å². The zero-order valence-corrected chi connectivity index (χ0v) is 15.3. The average Bonchev–Trinajstić information content (AvgIpc) is 2.50. The largest absolute Gasteiger partial charge is 0.322 e. The number of anilines is 1. The molecule has 0 bridgehead atoms. The van der Waals surface area contributed by atoms with Crippen molar-refractivity contribution in [3.05, 3.63) is 58.1 Å². The van der Waals surface area contributed by atoms with Gasteiger partial charge in [0, 0.05) is 17.3 Å². The second kappa shape index (κ2) is 7.53. The Hall–Kier alpha value is -1.60. The van der Waals surface area contributed by atoms with Gasteiger partial charge in [-0.25, -0.2) is 13.1 Å². The molecule has 0 unspecified atom stereocenters. The fourth-order valence-corrected chi connectivity index (χ4v) is 3.49. The van der Waals surface area contributed by atoms with Gasteiger partial charge in [-0.05, 0) is 56.3 Å². The number of rotatable bonds is 5. The Balaban J connectivity index is 2.15. The summed E-state index contributed by atoms with van der Waals surface area (Å²) >= 11 is 11.7. The number of halogens is 2. The van der Waals surface area contributed by atoms with Gasteiger partial charge in [0.2, 0.25) is 10.0 Å². The van der Waals surface area contributed by atoms with Crippen LogP contribution >= 0.6 is 23.2 Å². The molecule has 0 spiro atoms. The van der Waals surface area contributed by atoms with Crippen molar-refractivity contribution in [1.82, 2.24) is 4.72 Å². The minimum absolute atomic E-state index is 0.0993. The second-order valence-corrected chi connectivity index (χ2v) is 7.91. The molecule has 2 aromatic rings. The highest BCUT2D eigenvalue weighted by molar-refractivity contribution is 7.89. The van der Waals surface area contributed by atoms with Crippen LogP contribution in [0.4, 0.5) is 5.69 Å². The molecule has 0 saturated heterocycles. The van der Waals surface area contributed by atoms with Gasteiger partial charge < -0.3 is 5.32 Å². The van der Waals surface area contributed by atoms with E-state index in [1.807, 2.05) is 0 Å². The molecule has 1 amide bonds. The van der Waals surface area contributed by atoms with Crippen LogP contribution in [-0.4, -0.2) is 20.4 Å². The number of amides is 1. The zero-order chi connectivity index (χ0) is 17.9. The average molecular weight is 387 g/mol. The quantitative estimate of drug-likeness (QED) is 0.816. The molecule has 5 nitrogen and oxygen atoms in total. The zero-order valence-electron chi connectivity index (χ0n) is 13.0. The van der Waals surface area contributed by atoms with Gasteiger partial charge in [-0.2, -0.15) is 0 Å². The Morgan fingerprint density at radius 1 is 1.00 bits per heavy atom. The van der Waals surface area contributed by atoms with Crippen molar-refractivity contribution < 1.29 is 13.2 Å². The summed E-state index contributed by atoms with van der Waals surface area (Å²) in [5, 5.41) is 3.39. The first kappa shape index (κ1) is 18.7. The van der Waals surface area contributed by atoms with Gasteiger partial charge in [0.1, 0.15) is 0 Å². The molecule has 0 saturated carbocycles. The second-order valence-electron chi connectivity index (χ2n) is 5.38. The topological polar surface area (TPSA) is 75.3 Å². The van der Waals surface area contributed by atoms with E-state index < -0.39 is 10.0 Å². The van der Waals surface area contributed by atoms with E-state index >= 15 is 0 Å². The van der Waals surface area contributed by atoms with Crippen LogP contribution in [0.15, 0.2) is 47.4 Å². The first-order chi connectivity index (χ1) is 11.2. The number of carbonyl (C=O) groups is 1. The molecular weight excluding hydrogens is 371 g/mol. The molecular formula is C16H16Cl2N2O3S. The summed E-state index contributed by atoms with van der Waals surface area (Å²) in [6.07, 6.45) is 0. The Bertz CT molecular complexity index is 850. The van der Waals surface area contributed by atoms with Crippen molar-refractivity contribution in [2.75, 3.05) is 5.32 Å². The van der Waals surface area contributed by atoms with Crippen LogP contribution in [0.25, 0.3) is 0 Å². The molecule has 24 heavy (non-hydrogen) atoms. The predicted octanol–water partition coefficient (Wildman–Crippen LogP) is 3.93. The lowest BCUT2D eigenvalue weighted by Gasteiger charge is -2.10. The summed E-state index contributed by atoms with van der Waals surface area (Å²) in [5.74, 6) is -0.380. The van der Waals surface area contributed by atoms with Crippen LogP contribution in [0.5, 0.6) is 0 Å². The van der Waals surface area contributed by atoms with E-state index in [1.165, 1.54) is 30.3 Å². The fourth-order valence-electron chi connectivity index (χ4n) is 1.94. The SMILES string of the molecule is CC(C)NS(=O)(=O)c1ccc(C(=O)Nc2ccc(Cl)c(Cl)c2)cc1. The maximum Gasteiger partial charge on any atom is 0.255 e. The lowest BCUT2D eigenvalue weighted by Crippen LogP contribution is -2.30. The number of hydrogen-bond acceptors (Lipinski definition) is 3. The summed E-state index contributed by atoms with van der Waals surface area (Å²) in [7, 11) is -3.59. The van der Waals surface area contributed by atoms with Crippen LogP contribution in [0, 0.1) is 0 Å². The van der Waals surface area contributed by atoms with E-state index in [0.29, 0.717) is 21.3 Å². The van der Waals surface area contributed by atoms with Crippen LogP contribution in [0.3, 0.4) is 0 Å². The molecule has 0 aliphatic carbocycles. The highest BCUT2D eigenvalue weighted by atomic mass is 35.5. The summed E-state index contributed by atoms with van der Waals surface area (Å²) in [6.45, 7) is 3.47. The molecule has 2 aromatic carbocycles. The number of nitrogens with one attached hydrogen (secondary N) is 2. The van der Waals surface area contributed by atoms with E-state index in [1.54, 1.807) is 26.0 Å². The minimum Gasteiger partial charge on any atom is -0.322 e. The number of carbonyl (C=O) groups excluding carboxylic acids is 1. The standard InChI is InChI=1S/C16H16Cl2N2O3S/c1-10(2)20-24(22,23)13-6-3-11(4-7-13)16(21)19-12-5-8-14(17)15(18)9-12/h3-10,20H,1-2H3,(H,19,21). The molecule has 0 aliphatic heterocycles. The van der Waals surface area contributed by atoms with E-state index in [9.17, 15) is 13.2 Å². The first-order valence-corrected chi connectivity index (χ1v) is 9.32. The Labute approximate surface area is 151 Å². The number of benzene rings is 2. The fraction of sp³-hybridized carbons (Fsp3) is 0.188. The third kappa shape index (κ3) is 4.70. The van der Waals surface area contributed by atoms with Crippen molar-refractivity contribution in [3.63, 3.8) is 0 Å². The van der Waals surface area contributed by atoms with Crippen molar-refractivity contribution >= 4 is 44.8 Å². The van der Waals surface area contributed by atoms with E-state index in [-0.39, 0.29) is 16.8 Å². The van der Waals surface area contributed by atoms with Crippen molar-refractivity contribution in [2.45, 2.75) is 24.8 Å². The molecule has 2 rings (SSSR count). The summed E-state index contributed by atoms with van der Waals surface area (Å²) in [4.78, 5) is 12.3. The first-order valence-electron chi connectivity index (χ1n) is 7.08. The molecule has 2 N–H and O–H groups in total. The predicted molar refractivity (Wildman–Crippen MR) is 96.3 cm³/mol.